The molecule has 20 heavy (non-hydrogen) atoms. The highest BCUT2D eigenvalue weighted by Crippen LogP contribution is 2.52. The fraction of sp³-hybridized carbons (Fsp3) is 0.625. The molecule has 1 aromatic rings. The number of halogens is 3. The second-order valence-corrected chi connectivity index (χ2v) is 6.35. The zero-order valence-electron chi connectivity index (χ0n) is 11.5. The molecular formula is C16H19F3O. The van der Waals surface area contributed by atoms with Crippen LogP contribution in [-0.4, -0.2) is 5.11 Å². The molecule has 2 aliphatic rings. The van der Waals surface area contributed by atoms with Gasteiger partial charge in [0, 0.05) is 0 Å². The maximum Gasteiger partial charge on any atom is 0.416 e. The Kier molecular flexibility index (Phi) is 3.32. The first-order valence-electron chi connectivity index (χ1n) is 7.22. The lowest BCUT2D eigenvalue weighted by atomic mass is 9.81. The summed E-state index contributed by atoms with van der Waals surface area (Å²) in [5.41, 5.74) is 0.560. The van der Waals surface area contributed by atoms with E-state index >= 15 is 0 Å². The number of hydrogen-bond acceptors (Lipinski definition) is 1. The van der Waals surface area contributed by atoms with Gasteiger partial charge in [0.2, 0.25) is 0 Å². The second-order valence-electron chi connectivity index (χ2n) is 6.35. The lowest BCUT2D eigenvalue weighted by molar-refractivity contribution is -0.137. The molecule has 2 aliphatic carbocycles. The molecule has 1 aromatic carbocycles. The first-order valence-corrected chi connectivity index (χ1v) is 7.22. The van der Waals surface area contributed by atoms with Crippen LogP contribution in [0.5, 0.6) is 0 Å². The molecule has 4 heteroatoms. The number of aliphatic hydroxyl groups is 1. The maximum absolute atomic E-state index is 12.7. The Morgan fingerprint density at radius 1 is 1.20 bits per heavy atom. The van der Waals surface area contributed by atoms with Crippen molar-refractivity contribution in [2.75, 3.05) is 0 Å². The van der Waals surface area contributed by atoms with E-state index in [-0.39, 0.29) is 5.92 Å². The van der Waals surface area contributed by atoms with Crippen LogP contribution in [0.1, 0.15) is 48.5 Å². The highest BCUT2D eigenvalue weighted by molar-refractivity contribution is 5.34. The van der Waals surface area contributed by atoms with Gasteiger partial charge in [0.25, 0.3) is 0 Å². The molecule has 110 valence electrons. The average Bonchev–Trinajstić information content (AvgIpc) is 2.99. The molecule has 0 saturated heterocycles. The maximum atomic E-state index is 12.7. The Bertz CT molecular complexity index is 509. The first kappa shape index (κ1) is 13.9. The standard InChI is InChI=1S/C16H19F3O/c1-9-6-12(16(17,18)19)4-5-13(9)15(20)14-8-10-2-3-11(14)7-10/h4-6,10-11,14-15,20H,2-3,7-8H2,1H3. The minimum Gasteiger partial charge on any atom is -0.388 e. The fourth-order valence-corrected chi connectivity index (χ4v) is 4.10. The quantitative estimate of drug-likeness (QED) is 0.848. The summed E-state index contributed by atoms with van der Waals surface area (Å²) in [4.78, 5) is 0. The van der Waals surface area contributed by atoms with Crippen molar-refractivity contribution in [3.63, 3.8) is 0 Å². The molecule has 0 aliphatic heterocycles. The van der Waals surface area contributed by atoms with E-state index in [9.17, 15) is 18.3 Å². The lowest BCUT2D eigenvalue weighted by Gasteiger charge is -2.28. The summed E-state index contributed by atoms with van der Waals surface area (Å²) in [7, 11) is 0. The van der Waals surface area contributed by atoms with Gasteiger partial charge in [-0.05, 0) is 67.2 Å². The molecule has 0 aromatic heterocycles. The average molecular weight is 284 g/mol. The number of aliphatic hydroxyl groups excluding tert-OH is 1. The summed E-state index contributed by atoms with van der Waals surface area (Å²) in [6, 6.07) is 3.68. The van der Waals surface area contributed by atoms with Crippen molar-refractivity contribution in [2.24, 2.45) is 17.8 Å². The number of aryl methyl sites for hydroxylation is 1. The van der Waals surface area contributed by atoms with E-state index in [0.29, 0.717) is 17.0 Å². The molecule has 0 heterocycles. The second kappa shape index (κ2) is 4.76. The van der Waals surface area contributed by atoms with Gasteiger partial charge in [-0.15, -0.1) is 0 Å². The molecule has 2 bridgehead atoms. The smallest absolute Gasteiger partial charge is 0.388 e. The molecule has 1 nitrogen and oxygen atoms in total. The predicted molar refractivity (Wildman–Crippen MR) is 70.1 cm³/mol. The van der Waals surface area contributed by atoms with Crippen LogP contribution in [0, 0.1) is 24.7 Å². The van der Waals surface area contributed by atoms with Crippen molar-refractivity contribution in [3.05, 3.63) is 34.9 Å². The van der Waals surface area contributed by atoms with Crippen molar-refractivity contribution in [1.82, 2.24) is 0 Å². The largest absolute Gasteiger partial charge is 0.416 e. The Morgan fingerprint density at radius 2 is 1.95 bits per heavy atom. The Hall–Kier alpha value is -1.03. The van der Waals surface area contributed by atoms with E-state index in [1.807, 2.05) is 0 Å². The van der Waals surface area contributed by atoms with Crippen LogP contribution in [0.4, 0.5) is 13.2 Å². The molecule has 0 amide bonds. The van der Waals surface area contributed by atoms with Crippen LogP contribution >= 0.6 is 0 Å². The van der Waals surface area contributed by atoms with Crippen LogP contribution in [0.2, 0.25) is 0 Å². The SMILES string of the molecule is Cc1cc(C(F)(F)F)ccc1C(O)C1CC2CCC1C2. The van der Waals surface area contributed by atoms with E-state index < -0.39 is 17.8 Å². The van der Waals surface area contributed by atoms with E-state index in [1.54, 1.807) is 6.92 Å². The van der Waals surface area contributed by atoms with Gasteiger partial charge in [0.1, 0.15) is 0 Å². The Morgan fingerprint density at radius 3 is 2.45 bits per heavy atom. The molecule has 4 unspecified atom stereocenters. The molecule has 3 rings (SSSR count). The molecular weight excluding hydrogens is 265 g/mol. The molecule has 0 spiro atoms. The van der Waals surface area contributed by atoms with Gasteiger partial charge in [0.05, 0.1) is 11.7 Å². The van der Waals surface area contributed by atoms with E-state index in [1.165, 1.54) is 18.9 Å². The van der Waals surface area contributed by atoms with Gasteiger partial charge in [0.15, 0.2) is 0 Å². The highest BCUT2D eigenvalue weighted by Gasteiger charge is 2.43. The van der Waals surface area contributed by atoms with Gasteiger partial charge >= 0.3 is 6.18 Å². The molecule has 2 saturated carbocycles. The Balaban J connectivity index is 1.83. The van der Waals surface area contributed by atoms with Crippen LogP contribution in [0.3, 0.4) is 0 Å². The zero-order chi connectivity index (χ0) is 14.5. The fourth-order valence-electron chi connectivity index (χ4n) is 4.10. The first-order chi connectivity index (χ1) is 9.36. The van der Waals surface area contributed by atoms with Crippen molar-refractivity contribution in [3.8, 4) is 0 Å². The number of alkyl halides is 3. The number of benzene rings is 1. The minimum absolute atomic E-state index is 0.226. The van der Waals surface area contributed by atoms with Gasteiger partial charge in [-0.25, -0.2) is 0 Å². The van der Waals surface area contributed by atoms with Gasteiger partial charge in [-0.3, -0.25) is 0 Å². The van der Waals surface area contributed by atoms with Crippen LogP contribution < -0.4 is 0 Å². The monoisotopic (exact) mass is 284 g/mol. The predicted octanol–water partition coefficient (Wildman–Crippen LogP) is 4.48. The molecule has 4 atom stereocenters. The number of fused-ring (bicyclic) bond motifs is 2. The summed E-state index contributed by atoms with van der Waals surface area (Å²) in [6.45, 7) is 1.65. The van der Waals surface area contributed by atoms with E-state index in [0.717, 1.165) is 30.9 Å². The van der Waals surface area contributed by atoms with Gasteiger partial charge in [-0.1, -0.05) is 12.5 Å². The normalized spacial score (nSPS) is 30.8. The third-order valence-corrected chi connectivity index (χ3v) is 5.11. The minimum atomic E-state index is -4.32. The molecule has 2 fully saturated rings. The third kappa shape index (κ3) is 2.34. The summed E-state index contributed by atoms with van der Waals surface area (Å²) < 4.78 is 38.0. The van der Waals surface area contributed by atoms with Crippen LogP contribution in [0.25, 0.3) is 0 Å². The number of rotatable bonds is 2. The number of hydrogen-bond donors (Lipinski definition) is 1. The lowest BCUT2D eigenvalue weighted by Crippen LogP contribution is -2.20. The van der Waals surface area contributed by atoms with Crippen LogP contribution in [0.15, 0.2) is 18.2 Å². The van der Waals surface area contributed by atoms with Gasteiger partial charge in [-0.2, -0.15) is 13.2 Å². The molecule has 0 radical (unpaired) electrons. The van der Waals surface area contributed by atoms with Crippen molar-refractivity contribution in [2.45, 2.75) is 44.9 Å². The zero-order valence-corrected chi connectivity index (χ0v) is 11.5. The molecule has 1 N–H and O–H groups in total. The summed E-state index contributed by atoms with van der Waals surface area (Å²) in [6.07, 6.45) is -0.326. The highest BCUT2D eigenvalue weighted by atomic mass is 19.4. The topological polar surface area (TPSA) is 20.2 Å². The summed E-state index contributed by atoms with van der Waals surface area (Å²) in [5, 5.41) is 10.5. The third-order valence-electron chi connectivity index (χ3n) is 5.11. The van der Waals surface area contributed by atoms with Crippen LogP contribution in [-0.2, 0) is 6.18 Å². The Labute approximate surface area is 116 Å². The van der Waals surface area contributed by atoms with E-state index in [2.05, 4.69) is 0 Å². The summed E-state index contributed by atoms with van der Waals surface area (Å²) >= 11 is 0. The van der Waals surface area contributed by atoms with Crippen molar-refractivity contribution in [1.29, 1.82) is 0 Å². The summed E-state index contributed by atoms with van der Waals surface area (Å²) in [5.74, 6) is 1.50. The van der Waals surface area contributed by atoms with Gasteiger partial charge < -0.3 is 5.11 Å². The van der Waals surface area contributed by atoms with E-state index in [4.69, 9.17) is 0 Å². The van der Waals surface area contributed by atoms with Crippen molar-refractivity contribution < 1.29 is 18.3 Å². The van der Waals surface area contributed by atoms with Crippen molar-refractivity contribution >= 4 is 0 Å².